The number of non-ortho nitro benzene ring substituents is 1. The quantitative estimate of drug-likeness (QED) is 0.373. The van der Waals surface area contributed by atoms with E-state index in [1.54, 1.807) is 18.3 Å². The number of aromatic nitrogens is 1. The van der Waals surface area contributed by atoms with Crippen molar-refractivity contribution in [2.45, 2.75) is 0 Å². The first-order chi connectivity index (χ1) is 8.65. The maximum absolute atomic E-state index is 13.3. The Morgan fingerprint density at radius 1 is 1.11 bits per heavy atom. The van der Waals surface area contributed by atoms with Gasteiger partial charge in [-0.1, -0.05) is 0 Å². The standard InChI is InChI=1S/C13H7FN2O2/c14-9-2-4-13-12(5-9)11-6-10(16(17)18)3-1-8(11)7-15-13/h1-7H. The zero-order valence-corrected chi connectivity index (χ0v) is 9.13. The average Bonchev–Trinajstić information content (AvgIpc) is 2.37. The predicted molar refractivity (Wildman–Crippen MR) is 65.9 cm³/mol. The van der Waals surface area contributed by atoms with Gasteiger partial charge in [-0.05, 0) is 29.7 Å². The van der Waals surface area contributed by atoms with Gasteiger partial charge in [0.2, 0.25) is 0 Å². The molecule has 18 heavy (non-hydrogen) atoms. The highest BCUT2D eigenvalue weighted by molar-refractivity contribution is 6.06. The lowest BCUT2D eigenvalue weighted by atomic mass is 10.1. The molecule has 0 saturated heterocycles. The molecule has 1 aromatic heterocycles. The highest BCUT2D eigenvalue weighted by atomic mass is 19.1. The van der Waals surface area contributed by atoms with Crippen molar-refractivity contribution < 1.29 is 9.31 Å². The van der Waals surface area contributed by atoms with Gasteiger partial charge in [0.1, 0.15) is 5.82 Å². The molecule has 0 aliphatic rings. The minimum absolute atomic E-state index is 0.0146. The molecule has 0 amide bonds. The van der Waals surface area contributed by atoms with Gasteiger partial charge in [0, 0.05) is 29.1 Å². The Bertz CT molecular complexity index is 786. The number of rotatable bonds is 1. The molecular formula is C13H7FN2O2. The summed E-state index contributed by atoms with van der Waals surface area (Å²) in [5, 5.41) is 12.7. The van der Waals surface area contributed by atoms with Gasteiger partial charge in [0.15, 0.2) is 0 Å². The van der Waals surface area contributed by atoms with Crippen molar-refractivity contribution in [2.75, 3.05) is 0 Å². The van der Waals surface area contributed by atoms with E-state index in [2.05, 4.69) is 4.98 Å². The first-order valence-electron chi connectivity index (χ1n) is 5.27. The summed E-state index contributed by atoms with van der Waals surface area (Å²) in [5.41, 5.74) is 0.601. The van der Waals surface area contributed by atoms with Gasteiger partial charge in [0.05, 0.1) is 10.4 Å². The number of fused-ring (bicyclic) bond motifs is 3. The Balaban J connectivity index is 2.46. The van der Waals surface area contributed by atoms with Crippen LogP contribution in [0.1, 0.15) is 0 Å². The number of nitro groups is 1. The Hall–Kier alpha value is -2.56. The van der Waals surface area contributed by atoms with Gasteiger partial charge in [0.25, 0.3) is 5.69 Å². The van der Waals surface area contributed by atoms with Crippen molar-refractivity contribution in [3.05, 3.63) is 58.5 Å². The fourth-order valence-electron chi connectivity index (χ4n) is 1.98. The third kappa shape index (κ3) is 1.57. The maximum atomic E-state index is 13.3. The van der Waals surface area contributed by atoms with Crippen LogP contribution in [0, 0.1) is 15.9 Å². The highest BCUT2D eigenvalue weighted by Crippen LogP contribution is 2.27. The van der Waals surface area contributed by atoms with Gasteiger partial charge < -0.3 is 0 Å². The molecule has 2 aromatic carbocycles. The fourth-order valence-corrected chi connectivity index (χ4v) is 1.98. The van der Waals surface area contributed by atoms with E-state index in [1.165, 1.54) is 24.3 Å². The van der Waals surface area contributed by atoms with Crippen LogP contribution in [-0.4, -0.2) is 9.91 Å². The summed E-state index contributed by atoms with van der Waals surface area (Å²) in [5.74, 6) is -0.386. The molecule has 88 valence electrons. The molecule has 3 rings (SSSR count). The number of nitrogens with zero attached hydrogens (tertiary/aromatic N) is 2. The number of hydrogen-bond acceptors (Lipinski definition) is 3. The summed E-state index contributed by atoms with van der Waals surface area (Å²) >= 11 is 0. The smallest absolute Gasteiger partial charge is 0.258 e. The van der Waals surface area contributed by atoms with Crippen LogP contribution in [-0.2, 0) is 0 Å². The minimum Gasteiger partial charge on any atom is -0.258 e. The van der Waals surface area contributed by atoms with Gasteiger partial charge in [-0.2, -0.15) is 0 Å². The molecule has 0 aliphatic heterocycles. The molecule has 0 aliphatic carbocycles. The maximum Gasteiger partial charge on any atom is 0.270 e. The lowest BCUT2D eigenvalue weighted by molar-refractivity contribution is -0.384. The topological polar surface area (TPSA) is 56.0 Å². The number of hydrogen-bond donors (Lipinski definition) is 0. The Morgan fingerprint density at radius 2 is 1.94 bits per heavy atom. The van der Waals surface area contributed by atoms with Gasteiger partial charge >= 0.3 is 0 Å². The largest absolute Gasteiger partial charge is 0.270 e. The van der Waals surface area contributed by atoms with Crippen molar-refractivity contribution in [1.29, 1.82) is 0 Å². The second-order valence-electron chi connectivity index (χ2n) is 3.95. The molecule has 0 N–H and O–H groups in total. The van der Waals surface area contributed by atoms with E-state index < -0.39 is 4.92 Å². The molecule has 4 nitrogen and oxygen atoms in total. The third-order valence-corrected chi connectivity index (χ3v) is 2.84. The van der Waals surface area contributed by atoms with E-state index in [0.717, 1.165) is 5.39 Å². The summed E-state index contributed by atoms with van der Waals surface area (Å²) in [6, 6.07) is 8.69. The number of benzene rings is 2. The van der Waals surface area contributed by atoms with Gasteiger partial charge in [-0.15, -0.1) is 0 Å². The van der Waals surface area contributed by atoms with E-state index in [9.17, 15) is 14.5 Å². The molecule has 0 unspecified atom stereocenters. The second-order valence-corrected chi connectivity index (χ2v) is 3.95. The summed E-state index contributed by atoms with van der Waals surface area (Å²) < 4.78 is 13.3. The molecule has 0 atom stereocenters. The Kier molecular flexibility index (Phi) is 2.19. The van der Waals surface area contributed by atoms with Crippen LogP contribution >= 0.6 is 0 Å². The first-order valence-corrected chi connectivity index (χ1v) is 5.27. The zero-order valence-electron chi connectivity index (χ0n) is 9.13. The average molecular weight is 242 g/mol. The molecule has 0 saturated carbocycles. The third-order valence-electron chi connectivity index (χ3n) is 2.84. The molecule has 0 radical (unpaired) electrons. The predicted octanol–water partition coefficient (Wildman–Crippen LogP) is 3.44. The zero-order chi connectivity index (χ0) is 12.7. The van der Waals surface area contributed by atoms with Crippen LogP contribution in [0.4, 0.5) is 10.1 Å². The number of nitro benzene ring substituents is 1. The molecule has 5 heteroatoms. The monoisotopic (exact) mass is 242 g/mol. The summed E-state index contributed by atoms with van der Waals surface area (Å²) in [7, 11) is 0. The summed E-state index contributed by atoms with van der Waals surface area (Å²) in [6.45, 7) is 0. The van der Waals surface area contributed by atoms with Crippen molar-refractivity contribution in [2.24, 2.45) is 0 Å². The normalized spacial score (nSPS) is 10.9. The van der Waals surface area contributed by atoms with Crippen molar-refractivity contribution in [3.8, 4) is 0 Å². The van der Waals surface area contributed by atoms with Crippen LogP contribution in [0.5, 0.6) is 0 Å². The van der Waals surface area contributed by atoms with Crippen LogP contribution in [0.25, 0.3) is 21.7 Å². The van der Waals surface area contributed by atoms with E-state index in [-0.39, 0.29) is 11.5 Å². The van der Waals surface area contributed by atoms with Crippen LogP contribution in [0.15, 0.2) is 42.6 Å². The molecular weight excluding hydrogens is 235 g/mol. The second kappa shape index (κ2) is 3.73. The summed E-state index contributed by atoms with van der Waals surface area (Å²) in [4.78, 5) is 14.5. The van der Waals surface area contributed by atoms with Crippen LogP contribution in [0.2, 0.25) is 0 Å². The van der Waals surface area contributed by atoms with Gasteiger partial charge in [-0.3, -0.25) is 15.1 Å². The van der Waals surface area contributed by atoms with Crippen molar-refractivity contribution in [1.82, 2.24) is 4.98 Å². The molecule has 1 heterocycles. The number of pyridine rings is 1. The molecule has 3 aromatic rings. The fraction of sp³-hybridized carbons (Fsp3) is 0. The molecule has 0 spiro atoms. The summed E-state index contributed by atoms with van der Waals surface area (Å²) in [6.07, 6.45) is 1.62. The first kappa shape index (κ1) is 10.6. The van der Waals surface area contributed by atoms with E-state index in [0.29, 0.717) is 16.3 Å². The lowest BCUT2D eigenvalue weighted by Crippen LogP contribution is -1.89. The van der Waals surface area contributed by atoms with Crippen LogP contribution < -0.4 is 0 Å². The van der Waals surface area contributed by atoms with Gasteiger partial charge in [-0.25, -0.2) is 4.39 Å². The Morgan fingerprint density at radius 3 is 2.72 bits per heavy atom. The molecule has 0 fully saturated rings. The highest BCUT2D eigenvalue weighted by Gasteiger charge is 2.09. The van der Waals surface area contributed by atoms with Crippen molar-refractivity contribution >= 4 is 27.4 Å². The minimum atomic E-state index is -0.467. The van der Waals surface area contributed by atoms with E-state index in [1.807, 2.05) is 0 Å². The lowest BCUT2D eigenvalue weighted by Gasteiger charge is -2.03. The van der Waals surface area contributed by atoms with E-state index in [4.69, 9.17) is 0 Å². The van der Waals surface area contributed by atoms with Crippen LogP contribution in [0.3, 0.4) is 0 Å². The Labute approximate surface area is 101 Å². The molecule has 0 bridgehead atoms. The SMILES string of the molecule is O=[N+]([O-])c1ccc2cnc3ccc(F)cc3c2c1. The van der Waals surface area contributed by atoms with E-state index >= 15 is 0 Å². The van der Waals surface area contributed by atoms with Crippen molar-refractivity contribution in [3.63, 3.8) is 0 Å². The number of halogens is 1.